The Balaban J connectivity index is 2.41. The molecule has 0 aliphatic rings. The summed E-state index contributed by atoms with van der Waals surface area (Å²) in [6.45, 7) is 0.800. The van der Waals surface area contributed by atoms with Crippen molar-refractivity contribution in [2.24, 2.45) is 0 Å². The quantitative estimate of drug-likeness (QED) is 0.889. The van der Waals surface area contributed by atoms with Crippen LogP contribution < -0.4 is 0 Å². The molecule has 0 radical (unpaired) electrons. The van der Waals surface area contributed by atoms with E-state index in [4.69, 9.17) is 0 Å². The molecule has 0 saturated heterocycles. The number of hydrogen-bond donors (Lipinski definition) is 1. The van der Waals surface area contributed by atoms with Crippen molar-refractivity contribution in [3.05, 3.63) is 22.6 Å². The number of hydrogen-bond acceptors (Lipinski definition) is 3. The Bertz CT molecular complexity index is 449. The molecule has 4 nitrogen and oxygen atoms in total. The lowest BCUT2D eigenvalue weighted by molar-refractivity contribution is 0.392. The van der Waals surface area contributed by atoms with Crippen LogP contribution >= 0.6 is 15.9 Å². The number of aromatic nitrogens is 3. The van der Waals surface area contributed by atoms with Gasteiger partial charge in [0.15, 0.2) is 5.65 Å². The summed E-state index contributed by atoms with van der Waals surface area (Å²) in [5, 5.41) is 0. The van der Waals surface area contributed by atoms with Gasteiger partial charge in [-0.05, 0) is 36.1 Å². The van der Waals surface area contributed by atoms with E-state index in [9.17, 15) is 0 Å². The van der Waals surface area contributed by atoms with E-state index in [0.717, 1.165) is 28.0 Å². The standard InChI is InChI=1S/C9H11BrN4/c1-14(2)5-8-12-7-3-6(10)4-11-9(7)13-8/h3-4H,5H2,1-2H3,(H,11,12,13). The number of nitrogens with one attached hydrogen (secondary N) is 1. The summed E-state index contributed by atoms with van der Waals surface area (Å²) >= 11 is 3.37. The third kappa shape index (κ3) is 1.93. The zero-order chi connectivity index (χ0) is 10.1. The summed E-state index contributed by atoms with van der Waals surface area (Å²) < 4.78 is 0.963. The molecule has 0 aromatic carbocycles. The Morgan fingerprint density at radius 1 is 1.50 bits per heavy atom. The summed E-state index contributed by atoms with van der Waals surface area (Å²) in [6.07, 6.45) is 1.75. The second kappa shape index (κ2) is 3.67. The Kier molecular flexibility index (Phi) is 2.52. The highest BCUT2D eigenvalue weighted by molar-refractivity contribution is 9.10. The van der Waals surface area contributed by atoms with Crippen molar-refractivity contribution in [1.29, 1.82) is 0 Å². The van der Waals surface area contributed by atoms with Gasteiger partial charge in [-0.25, -0.2) is 9.97 Å². The molecule has 2 rings (SSSR count). The molecule has 2 aromatic rings. The Hall–Kier alpha value is -0.940. The summed E-state index contributed by atoms with van der Waals surface area (Å²) in [5.74, 6) is 0.940. The molecule has 0 saturated carbocycles. The molecule has 0 bridgehead atoms. The number of halogens is 1. The number of imidazole rings is 1. The van der Waals surface area contributed by atoms with Gasteiger partial charge in [-0.1, -0.05) is 0 Å². The number of nitrogens with zero attached hydrogens (tertiary/aromatic N) is 3. The lowest BCUT2D eigenvalue weighted by atomic mass is 10.4. The summed E-state index contributed by atoms with van der Waals surface area (Å²) in [7, 11) is 4.02. The molecule has 0 aliphatic carbocycles. The highest BCUT2D eigenvalue weighted by atomic mass is 79.9. The summed E-state index contributed by atoms with van der Waals surface area (Å²) in [4.78, 5) is 13.9. The average Bonchev–Trinajstić information content (AvgIpc) is 2.44. The minimum Gasteiger partial charge on any atom is -0.339 e. The van der Waals surface area contributed by atoms with Gasteiger partial charge in [0.2, 0.25) is 0 Å². The fraction of sp³-hybridized carbons (Fsp3) is 0.333. The number of fused-ring (bicyclic) bond motifs is 1. The topological polar surface area (TPSA) is 44.8 Å². The van der Waals surface area contributed by atoms with Gasteiger partial charge in [-0.2, -0.15) is 0 Å². The van der Waals surface area contributed by atoms with E-state index in [1.54, 1.807) is 6.20 Å². The summed E-state index contributed by atoms with van der Waals surface area (Å²) in [5.41, 5.74) is 1.74. The Morgan fingerprint density at radius 2 is 2.29 bits per heavy atom. The van der Waals surface area contributed by atoms with Crippen molar-refractivity contribution < 1.29 is 0 Å². The van der Waals surface area contributed by atoms with Crippen LogP contribution in [0, 0.1) is 0 Å². The molecule has 2 aromatic heterocycles. The molecule has 5 heteroatoms. The van der Waals surface area contributed by atoms with Gasteiger partial charge in [0.1, 0.15) is 5.82 Å². The second-order valence-corrected chi connectivity index (χ2v) is 4.36. The Morgan fingerprint density at radius 3 is 3.00 bits per heavy atom. The van der Waals surface area contributed by atoms with Gasteiger partial charge in [0, 0.05) is 10.7 Å². The fourth-order valence-corrected chi connectivity index (χ4v) is 1.63. The maximum atomic E-state index is 4.36. The first-order valence-corrected chi connectivity index (χ1v) is 5.09. The number of H-pyrrole nitrogens is 1. The average molecular weight is 255 g/mol. The van der Waals surface area contributed by atoms with Gasteiger partial charge in [0.25, 0.3) is 0 Å². The number of pyridine rings is 1. The van der Waals surface area contributed by atoms with Crippen molar-refractivity contribution in [1.82, 2.24) is 19.9 Å². The van der Waals surface area contributed by atoms with Crippen LogP contribution in [-0.4, -0.2) is 33.9 Å². The predicted molar refractivity (Wildman–Crippen MR) is 59.0 cm³/mol. The first-order valence-electron chi connectivity index (χ1n) is 4.30. The smallest absolute Gasteiger partial charge is 0.177 e. The molecule has 1 N–H and O–H groups in total. The van der Waals surface area contributed by atoms with Gasteiger partial charge >= 0.3 is 0 Å². The second-order valence-electron chi connectivity index (χ2n) is 3.45. The van der Waals surface area contributed by atoms with Crippen molar-refractivity contribution in [2.45, 2.75) is 6.54 Å². The zero-order valence-corrected chi connectivity index (χ0v) is 9.67. The van der Waals surface area contributed by atoms with Crippen LogP contribution in [0.2, 0.25) is 0 Å². The molecule has 0 unspecified atom stereocenters. The first-order chi connectivity index (χ1) is 6.65. The van der Waals surface area contributed by atoms with Crippen molar-refractivity contribution in [3.8, 4) is 0 Å². The molecule has 14 heavy (non-hydrogen) atoms. The van der Waals surface area contributed by atoms with E-state index in [-0.39, 0.29) is 0 Å². The van der Waals surface area contributed by atoms with Crippen LogP contribution in [0.3, 0.4) is 0 Å². The van der Waals surface area contributed by atoms with E-state index in [1.807, 2.05) is 20.2 Å². The van der Waals surface area contributed by atoms with Gasteiger partial charge < -0.3 is 9.88 Å². The third-order valence-corrected chi connectivity index (χ3v) is 2.25. The van der Waals surface area contributed by atoms with Crippen LogP contribution in [-0.2, 0) is 6.54 Å². The third-order valence-electron chi connectivity index (χ3n) is 1.82. The lowest BCUT2D eigenvalue weighted by Crippen LogP contribution is -2.11. The van der Waals surface area contributed by atoms with Crippen LogP contribution in [0.15, 0.2) is 16.7 Å². The highest BCUT2D eigenvalue weighted by Crippen LogP contribution is 2.15. The van der Waals surface area contributed by atoms with Crippen LogP contribution in [0.25, 0.3) is 11.2 Å². The molecule has 2 heterocycles. The SMILES string of the molecule is CN(C)Cc1nc2ncc(Br)cc2[nH]1. The van der Waals surface area contributed by atoms with Gasteiger partial charge in [-0.15, -0.1) is 0 Å². The van der Waals surface area contributed by atoms with Crippen LogP contribution in [0.4, 0.5) is 0 Å². The number of aromatic amines is 1. The van der Waals surface area contributed by atoms with Crippen molar-refractivity contribution in [3.63, 3.8) is 0 Å². The Labute approximate surface area is 90.5 Å². The molecule has 0 atom stereocenters. The predicted octanol–water partition coefficient (Wildman–Crippen LogP) is 1.78. The first kappa shape index (κ1) is 9.61. The zero-order valence-electron chi connectivity index (χ0n) is 8.08. The van der Waals surface area contributed by atoms with Gasteiger partial charge in [0.05, 0.1) is 12.1 Å². The monoisotopic (exact) mass is 254 g/mol. The molecule has 0 aliphatic heterocycles. The van der Waals surface area contributed by atoms with E-state index in [2.05, 4.69) is 35.8 Å². The van der Waals surface area contributed by atoms with Gasteiger partial charge in [-0.3, -0.25) is 0 Å². The van der Waals surface area contributed by atoms with E-state index < -0.39 is 0 Å². The summed E-state index contributed by atoms with van der Waals surface area (Å²) in [6, 6.07) is 1.98. The van der Waals surface area contributed by atoms with E-state index in [1.165, 1.54) is 0 Å². The maximum Gasteiger partial charge on any atom is 0.177 e. The molecule has 0 spiro atoms. The highest BCUT2D eigenvalue weighted by Gasteiger charge is 2.04. The normalized spacial score (nSPS) is 11.4. The van der Waals surface area contributed by atoms with Crippen molar-refractivity contribution in [2.75, 3.05) is 14.1 Å². The van der Waals surface area contributed by atoms with Crippen LogP contribution in [0.5, 0.6) is 0 Å². The molecular formula is C9H11BrN4. The largest absolute Gasteiger partial charge is 0.339 e. The molecule has 0 fully saturated rings. The lowest BCUT2D eigenvalue weighted by Gasteiger charge is -2.04. The van der Waals surface area contributed by atoms with E-state index in [0.29, 0.717) is 0 Å². The van der Waals surface area contributed by atoms with Crippen molar-refractivity contribution >= 4 is 27.1 Å². The fourth-order valence-electron chi connectivity index (χ4n) is 1.30. The molecular weight excluding hydrogens is 244 g/mol. The molecule has 74 valence electrons. The maximum absolute atomic E-state index is 4.36. The minimum absolute atomic E-state index is 0.769. The number of rotatable bonds is 2. The minimum atomic E-state index is 0.769. The van der Waals surface area contributed by atoms with Crippen LogP contribution in [0.1, 0.15) is 5.82 Å². The molecule has 0 amide bonds. The van der Waals surface area contributed by atoms with E-state index >= 15 is 0 Å².